The molecule has 0 saturated carbocycles. The lowest BCUT2D eigenvalue weighted by molar-refractivity contribution is -0.123. The summed E-state index contributed by atoms with van der Waals surface area (Å²) in [6, 6.07) is 4.21. The molecule has 1 amide bonds. The molecule has 0 aliphatic heterocycles. The second kappa shape index (κ2) is 7.93. The first kappa shape index (κ1) is 14.8. The molecule has 4 heteroatoms. The molecule has 0 aliphatic rings. The Hall–Kier alpha value is -1.29. The lowest BCUT2D eigenvalue weighted by atomic mass is 10.2. The first-order valence-electron chi connectivity index (χ1n) is 6.77. The molecule has 0 radical (unpaired) electrons. The smallest absolute Gasteiger partial charge is 0.222 e. The van der Waals surface area contributed by atoms with E-state index in [0.717, 1.165) is 26.1 Å². The van der Waals surface area contributed by atoms with Gasteiger partial charge in [-0.05, 0) is 18.6 Å². The van der Waals surface area contributed by atoms with Crippen molar-refractivity contribution in [1.82, 2.24) is 15.2 Å². The number of aromatic nitrogens is 1. The molecule has 4 nitrogen and oxygen atoms in total. The Bertz CT molecular complexity index is 358. The summed E-state index contributed by atoms with van der Waals surface area (Å²) < 4.78 is 2.26. The largest absolute Gasteiger partial charge is 0.355 e. The van der Waals surface area contributed by atoms with Crippen LogP contribution < -0.4 is 10.6 Å². The van der Waals surface area contributed by atoms with Gasteiger partial charge in [0.2, 0.25) is 5.91 Å². The van der Waals surface area contributed by atoms with Gasteiger partial charge in [-0.25, -0.2) is 0 Å². The van der Waals surface area contributed by atoms with Crippen LogP contribution in [0.5, 0.6) is 0 Å². The lowest BCUT2D eigenvalue weighted by Crippen LogP contribution is -2.34. The van der Waals surface area contributed by atoms with E-state index < -0.39 is 0 Å². The second-order valence-electron chi connectivity index (χ2n) is 4.82. The first-order chi connectivity index (χ1) is 8.65. The van der Waals surface area contributed by atoms with Gasteiger partial charge in [0.15, 0.2) is 0 Å². The Kier molecular flexibility index (Phi) is 6.50. The topological polar surface area (TPSA) is 46.1 Å². The summed E-state index contributed by atoms with van der Waals surface area (Å²) in [5, 5.41) is 6.24. The zero-order valence-corrected chi connectivity index (χ0v) is 11.7. The highest BCUT2D eigenvalue weighted by molar-refractivity contribution is 5.77. The van der Waals surface area contributed by atoms with Gasteiger partial charge in [-0.15, -0.1) is 0 Å². The SMILES string of the molecule is CCCn1cccc1CNCCNC(=O)C(C)C. The highest BCUT2D eigenvalue weighted by atomic mass is 16.1. The first-order valence-corrected chi connectivity index (χ1v) is 6.77. The van der Waals surface area contributed by atoms with Crippen molar-refractivity contribution >= 4 is 5.91 Å². The molecule has 0 bridgehead atoms. The van der Waals surface area contributed by atoms with E-state index in [4.69, 9.17) is 0 Å². The highest BCUT2D eigenvalue weighted by Crippen LogP contribution is 2.02. The molecule has 0 saturated heterocycles. The number of carbonyl (C=O) groups is 1. The molecule has 102 valence electrons. The number of nitrogens with zero attached hydrogens (tertiary/aromatic N) is 1. The molecule has 1 aromatic rings. The minimum atomic E-state index is 0.0618. The van der Waals surface area contributed by atoms with Gasteiger partial charge in [0.25, 0.3) is 0 Å². The van der Waals surface area contributed by atoms with Gasteiger partial charge in [0.1, 0.15) is 0 Å². The van der Waals surface area contributed by atoms with Gasteiger partial charge in [-0.3, -0.25) is 4.79 Å². The number of carbonyl (C=O) groups excluding carboxylic acids is 1. The molecular formula is C14H25N3O. The van der Waals surface area contributed by atoms with E-state index in [1.165, 1.54) is 5.69 Å². The van der Waals surface area contributed by atoms with Gasteiger partial charge < -0.3 is 15.2 Å². The van der Waals surface area contributed by atoms with Crippen LogP contribution in [0, 0.1) is 5.92 Å². The van der Waals surface area contributed by atoms with E-state index in [1.807, 2.05) is 13.8 Å². The van der Waals surface area contributed by atoms with Crippen LogP contribution in [-0.2, 0) is 17.9 Å². The van der Waals surface area contributed by atoms with Crippen LogP contribution in [0.3, 0.4) is 0 Å². The maximum absolute atomic E-state index is 11.3. The van der Waals surface area contributed by atoms with Crippen LogP contribution in [0.2, 0.25) is 0 Å². The maximum Gasteiger partial charge on any atom is 0.222 e. The summed E-state index contributed by atoms with van der Waals surface area (Å²) in [5.41, 5.74) is 1.30. The van der Waals surface area contributed by atoms with Gasteiger partial charge >= 0.3 is 0 Å². The molecule has 0 fully saturated rings. The summed E-state index contributed by atoms with van der Waals surface area (Å²) in [6.45, 7) is 9.39. The van der Waals surface area contributed by atoms with Crippen LogP contribution in [0.4, 0.5) is 0 Å². The third-order valence-corrected chi connectivity index (χ3v) is 2.82. The van der Waals surface area contributed by atoms with Gasteiger partial charge in [-0.2, -0.15) is 0 Å². The predicted octanol–water partition coefficient (Wildman–Crippen LogP) is 1.76. The fraction of sp³-hybridized carbons (Fsp3) is 0.643. The molecule has 1 rings (SSSR count). The normalized spacial score (nSPS) is 10.9. The zero-order chi connectivity index (χ0) is 13.4. The minimum Gasteiger partial charge on any atom is -0.355 e. The average molecular weight is 251 g/mol. The Morgan fingerprint density at radius 3 is 2.83 bits per heavy atom. The van der Waals surface area contributed by atoms with Crippen LogP contribution in [0.1, 0.15) is 32.9 Å². The van der Waals surface area contributed by atoms with Crippen LogP contribution in [0.25, 0.3) is 0 Å². The molecule has 1 aromatic heterocycles. The lowest BCUT2D eigenvalue weighted by Gasteiger charge is -2.10. The van der Waals surface area contributed by atoms with Crippen molar-refractivity contribution in [3.8, 4) is 0 Å². The van der Waals surface area contributed by atoms with Crippen molar-refractivity contribution < 1.29 is 4.79 Å². The van der Waals surface area contributed by atoms with Gasteiger partial charge in [0.05, 0.1) is 0 Å². The molecular weight excluding hydrogens is 226 g/mol. The Labute approximate surface area is 110 Å². The number of aryl methyl sites for hydroxylation is 1. The number of nitrogens with one attached hydrogen (secondary N) is 2. The standard InChI is InChI=1S/C14H25N3O/c1-4-9-17-10-5-6-13(17)11-15-7-8-16-14(18)12(2)3/h5-6,10,12,15H,4,7-9,11H2,1-3H3,(H,16,18). The molecule has 18 heavy (non-hydrogen) atoms. The highest BCUT2D eigenvalue weighted by Gasteiger charge is 2.04. The maximum atomic E-state index is 11.3. The molecule has 0 atom stereocenters. The molecule has 0 unspecified atom stereocenters. The third kappa shape index (κ3) is 4.92. The van der Waals surface area contributed by atoms with E-state index in [1.54, 1.807) is 0 Å². The summed E-state index contributed by atoms with van der Waals surface area (Å²) >= 11 is 0. The second-order valence-corrected chi connectivity index (χ2v) is 4.82. The summed E-state index contributed by atoms with van der Waals surface area (Å²) in [5.74, 6) is 0.179. The Morgan fingerprint density at radius 1 is 1.39 bits per heavy atom. The van der Waals surface area contributed by atoms with Crippen LogP contribution in [0.15, 0.2) is 18.3 Å². The Balaban J connectivity index is 2.17. The zero-order valence-electron chi connectivity index (χ0n) is 11.7. The monoisotopic (exact) mass is 251 g/mol. The summed E-state index contributed by atoms with van der Waals surface area (Å²) in [7, 11) is 0. The molecule has 0 aliphatic carbocycles. The van der Waals surface area contributed by atoms with E-state index in [-0.39, 0.29) is 11.8 Å². The number of hydrogen-bond donors (Lipinski definition) is 2. The molecule has 0 aromatic carbocycles. The fourth-order valence-corrected chi connectivity index (χ4v) is 1.76. The minimum absolute atomic E-state index is 0.0618. The van der Waals surface area contributed by atoms with E-state index in [2.05, 4.69) is 40.5 Å². The fourth-order valence-electron chi connectivity index (χ4n) is 1.76. The predicted molar refractivity (Wildman–Crippen MR) is 74.3 cm³/mol. The van der Waals surface area contributed by atoms with E-state index >= 15 is 0 Å². The van der Waals surface area contributed by atoms with Crippen molar-refractivity contribution in [2.75, 3.05) is 13.1 Å². The van der Waals surface area contributed by atoms with E-state index in [0.29, 0.717) is 6.54 Å². The van der Waals surface area contributed by atoms with Gasteiger partial charge in [-0.1, -0.05) is 20.8 Å². The molecule has 0 spiro atoms. The number of rotatable bonds is 8. The van der Waals surface area contributed by atoms with Crippen molar-refractivity contribution in [3.05, 3.63) is 24.0 Å². The Morgan fingerprint density at radius 2 is 2.17 bits per heavy atom. The number of amides is 1. The quantitative estimate of drug-likeness (QED) is 0.692. The molecule has 2 N–H and O–H groups in total. The van der Waals surface area contributed by atoms with E-state index in [9.17, 15) is 4.79 Å². The van der Waals surface area contributed by atoms with Crippen molar-refractivity contribution in [1.29, 1.82) is 0 Å². The van der Waals surface area contributed by atoms with Crippen molar-refractivity contribution in [2.45, 2.75) is 40.3 Å². The van der Waals surface area contributed by atoms with Crippen LogP contribution >= 0.6 is 0 Å². The van der Waals surface area contributed by atoms with Crippen molar-refractivity contribution in [2.24, 2.45) is 5.92 Å². The summed E-state index contributed by atoms with van der Waals surface area (Å²) in [6.07, 6.45) is 3.26. The van der Waals surface area contributed by atoms with Crippen molar-refractivity contribution in [3.63, 3.8) is 0 Å². The van der Waals surface area contributed by atoms with Crippen LogP contribution in [-0.4, -0.2) is 23.6 Å². The average Bonchev–Trinajstić information content (AvgIpc) is 2.76. The number of hydrogen-bond acceptors (Lipinski definition) is 2. The molecule has 1 heterocycles. The third-order valence-electron chi connectivity index (χ3n) is 2.82. The summed E-state index contributed by atoms with van der Waals surface area (Å²) in [4.78, 5) is 11.3. The van der Waals surface area contributed by atoms with Gasteiger partial charge in [0, 0.05) is 44.0 Å².